The van der Waals surface area contributed by atoms with Gasteiger partial charge in [-0.05, 0) is 25.3 Å². The Morgan fingerprint density at radius 2 is 2.08 bits per heavy atom. The molecule has 0 unspecified atom stereocenters. The van der Waals surface area contributed by atoms with Crippen LogP contribution in [0.15, 0.2) is 24.3 Å². The highest BCUT2D eigenvalue weighted by Gasteiger charge is 2.42. The van der Waals surface area contributed by atoms with Crippen molar-refractivity contribution in [3.05, 3.63) is 35.4 Å². The summed E-state index contributed by atoms with van der Waals surface area (Å²) in [6.45, 7) is 2.94. The summed E-state index contributed by atoms with van der Waals surface area (Å²) < 4.78 is 0. The maximum absolute atomic E-state index is 5.75. The monoisotopic (exact) mass is 197 g/mol. The zero-order valence-electron chi connectivity index (χ0n) is 7.92. The van der Waals surface area contributed by atoms with Gasteiger partial charge in [-0.25, -0.2) is 0 Å². The third-order valence-corrected chi connectivity index (χ3v) is 2.87. The van der Waals surface area contributed by atoms with Crippen molar-refractivity contribution in [2.45, 2.75) is 25.2 Å². The molecule has 0 bridgehead atoms. The Morgan fingerprint density at radius 3 is 2.54 bits per heavy atom. The number of benzene rings is 1. The summed E-state index contributed by atoms with van der Waals surface area (Å²) in [5.74, 6) is 0. The van der Waals surface area contributed by atoms with E-state index in [1.807, 2.05) is 0 Å². The van der Waals surface area contributed by atoms with Crippen molar-refractivity contribution >= 4 is 12.4 Å². The number of rotatable bonds is 2. The van der Waals surface area contributed by atoms with E-state index < -0.39 is 0 Å². The summed E-state index contributed by atoms with van der Waals surface area (Å²) in [6.07, 6.45) is 2.54. The summed E-state index contributed by atoms with van der Waals surface area (Å²) in [5, 5.41) is 0. The minimum Gasteiger partial charge on any atom is -0.330 e. The molecule has 0 aromatic heterocycles. The van der Waals surface area contributed by atoms with Gasteiger partial charge >= 0.3 is 0 Å². The summed E-state index contributed by atoms with van der Waals surface area (Å²) in [4.78, 5) is 0. The fourth-order valence-corrected chi connectivity index (χ4v) is 1.74. The zero-order valence-corrected chi connectivity index (χ0v) is 8.73. The molecule has 1 aromatic carbocycles. The molecule has 2 rings (SSSR count). The molecule has 1 aromatic rings. The van der Waals surface area contributed by atoms with Gasteiger partial charge in [0.05, 0.1) is 0 Å². The topological polar surface area (TPSA) is 26.0 Å². The third-order valence-electron chi connectivity index (χ3n) is 2.87. The van der Waals surface area contributed by atoms with Gasteiger partial charge in [0, 0.05) is 12.0 Å². The van der Waals surface area contributed by atoms with Crippen LogP contribution in [0.3, 0.4) is 0 Å². The zero-order chi connectivity index (χ0) is 8.60. The van der Waals surface area contributed by atoms with Crippen LogP contribution in [0.25, 0.3) is 0 Å². The van der Waals surface area contributed by atoms with Crippen molar-refractivity contribution in [3.63, 3.8) is 0 Å². The minimum atomic E-state index is 0. The lowest BCUT2D eigenvalue weighted by Gasteiger charge is -2.12. The number of aryl methyl sites for hydroxylation is 1. The van der Waals surface area contributed by atoms with Gasteiger partial charge in [0.15, 0.2) is 0 Å². The molecule has 1 saturated carbocycles. The lowest BCUT2D eigenvalue weighted by molar-refractivity contribution is 0.704. The lowest BCUT2D eigenvalue weighted by atomic mass is 9.95. The molecule has 1 aliphatic carbocycles. The van der Waals surface area contributed by atoms with Crippen LogP contribution in [-0.2, 0) is 5.41 Å². The molecule has 0 saturated heterocycles. The number of halogens is 1. The van der Waals surface area contributed by atoms with Gasteiger partial charge in [-0.1, -0.05) is 29.8 Å². The van der Waals surface area contributed by atoms with Crippen LogP contribution in [-0.4, -0.2) is 6.54 Å². The van der Waals surface area contributed by atoms with Crippen molar-refractivity contribution < 1.29 is 0 Å². The molecule has 0 radical (unpaired) electrons. The van der Waals surface area contributed by atoms with E-state index in [-0.39, 0.29) is 12.4 Å². The predicted octanol–water partition coefficient (Wildman–Crippen LogP) is 2.41. The Labute approximate surface area is 85.7 Å². The molecule has 72 valence electrons. The minimum absolute atomic E-state index is 0. The van der Waals surface area contributed by atoms with Crippen LogP contribution < -0.4 is 5.73 Å². The smallest absolute Gasteiger partial charge is 0.00763 e. The Bertz CT molecular complexity index is 292. The van der Waals surface area contributed by atoms with Crippen LogP contribution in [0.5, 0.6) is 0 Å². The second-order valence-corrected chi connectivity index (χ2v) is 3.85. The van der Waals surface area contributed by atoms with E-state index in [0.717, 1.165) is 6.54 Å². The Hall–Kier alpha value is -0.530. The summed E-state index contributed by atoms with van der Waals surface area (Å²) >= 11 is 0. The molecule has 1 nitrogen and oxygen atoms in total. The van der Waals surface area contributed by atoms with Gasteiger partial charge < -0.3 is 5.73 Å². The predicted molar refractivity (Wildman–Crippen MR) is 58.4 cm³/mol. The van der Waals surface area contributed by atoms with Crippen LogP contribution in [0.4, 0.5) is 0 Å². The molecular weight excluding hydrogens is 182 g/mol. The SMILES string of the molecule is Cc1cccc(C2(CN)CC2)c1.Cl. The quantitative estimate of drug-likeness (QED) is 0.775. The standard InChI is InChI=1S/C11H15N.ClH/c1-9-3-2-4-10(7-9)11(8-12)5-6-11;/h2-4,7H,5-6,8,12H2,1H3;1H. The highest BCUT2D eigenvalue weighted by Crippen LogP contribution is 2.47. The normalized spacial score (nSPS) is 17.7. The third kappa shape index (κ3) is 1.87. The first-order chi connectivity index (χ1) is 5.77. The fraction of sp³-hybridized carbons (Fsp3) is 0.455. The molecule has 2 N–H and O–H groups in total. The van der Waals surface area contributed by atoms with Gasteiger partial charge in [0.2, 0.25) is 0 Å². The first-order valence-electron chi connectivity index (χ1n) is 4.54. The fourth-order valence-electron chi connectivity index (χ4n) is 1.74. The summed E-state index contributed by atoms with van der Waals surface area (Å²) in [7, 11) is 0. The first-order valence-corrected chi connectivity index (χ1v) is 4.54. The summed E-state index contributed by atoms with van der Waals surface area (Å²) in [5.41, 5.74) is 8.88. The van der Waals surface area contributed by atoms with Crippen LogP contribution >= 0.6 is 12.4 Å². The van der Waals surface area contributed by atoms with Gasteiger partial charge in [0.25, 0.3) is 0 Å². The second-order valence-electron chi connectivity index (χ2n) is 3.85. The van der Waals surface area contributed by atoms with Crippen LogP contribution in [0, 0.1) is 6.92 Å². The highest BCUT2D eigenvalue weighted by atomic mass is 35.5. The van der Waals surface area contributed by atoms with Gasteiger partial charge in [0.1, 0.15) is 0 Å². The average molecular weight is 198 g/mol. The van der Waals surface area contributed by atoms with Crippen molar-refractivity contribution in [1.29, 1.82) is 0 Å². The number of hydrogen-bond donors (Lipinski definition) is 1. The molecule has 2 heteroatoms. The highest BCUT2D eigenvalue weighted by molar-refractivity contribution is 5.85. The molecule has 1 fully saturated rings. The van der Waals surface area contributed by atoms with Crippen LogP contribution in [0.2, 0.25) is 0 Å². The molecule has 0 aliphatic heterocycles. The van der Waals surface area contributed by atoms with E-state index in [2.05, 4.69) is 31.2 Å². The van der Waals surface area contributed by atoms with E-state index in [9.17, 15) is 0 Å². The van der Waals surface area contributed by atoms with Crippen LogP contribution in [0.1, 0.15) is 24.0 Å². The second kappa shape index (κ2) is 3.69. The van der Waals surface area contributed by atoms with Crippen molar-refractivity contribution in [1.82, 2.24) is 0 Å². The number of hydrogen-bond acceptors (Lipinski definition) is 1. The Morgan fingerprint density at radius 1 is 1.38 bits per heavy atom. The molecule has 0 amide bonds. The van der Waals surface area contributed by atoms with E-state index in [4.69, 9.17) is 5.73 Å². The molecular formula is C11H16ClN. The average Bonchev–Trinajstić information content (AvgIpc) is 2.84. The van der Waals surface area contributed by atoms with Crippen molar-refractivity contribution in [2.75, 3.05) is 6.54 Å². The van der Waals surface area contributed by atoms with E-state index in [0.29, 0.717) is 5.41 Å². The molecule has 1 aliphatic rings. The maximum Gasteiger partial charge on any atom is 0.00763 e. The van der Waals surface area contributed by atoms with Gasteiger partial charge in [-0.3, -0.25) is 0 Å². The van der Waals surface area contributed by atoms with E-state index >= 15 is 0 Å². The Kier molecular flexibility index (Phi) is 2.99. The maximum atomic E-state index is 5.75. The van der Waals surface area contributed by atoms with Crippen molar-refractivity contribution in [2.24, 2.45) is 5.73 Å². The largest absolute Gasteiger partial charge is 0.330 e. The van der Waals surface area contributed by atoms with E-state index in [1.165, 1.54) is 24.0 Å². The Balaban J connectivity index is 0.000000845. The van der Waals surface area contributed by atoms with Crippen molar-refractivity contribution in [3.8, 4) is 0 Å². The molecule has 0 atom stereocenters. The molecule has 0 spiro atoms. The first kappa shape index (κ1) is 10.6. The summed E-state index contributed by atoms with van der Waals surface area (Å²) in [6, 6.07) is 8.73. The lowest BCUT2D eigenvalue weighted by Crippen LogP contribution is -2.19. The number of nitrogens with two attached hydrogens (primary N) is 1. The molecule has 0 heterocycles. The molecule has 13 heavy (non-hydrogen) atoms. The van der Waals surface area contributed by atoms with E-state index in [1.54, 1.807) is 0 Å². The van der Waals surface area contributed by atoms with Gasteiger partial charge in [-0.2, -0.15) is 0 Å². The van der Waals surface area contributed by atoms with Gasteiger partial charge in [-0.15, -0.1) is 12.4 Å².